The maximum atomic E-state index is 12.5. The summed E-state index contributed by atoms with van der Waals surface area (Å²) >= 11 is 0. The minimum Gasteiger partial charge on any atom is -0.490 e. The molecule has 5 rings (SSSR count). The highest BCUT2D eigenvalue weighted by atomic mass is 31.2. The molecule has 226 valence electrons. The van der Waals surface area contributed by atoms with E-state index < -0.39 is 19.5 Å². The molecule has 2 fully saturated rings. The summed E-state index contributed by atoms with van der Waals surface area (Å²) < 4.78 is 22.4. The maximum absolute atomic E-state index is 12.5. The van der Waals surface area contributed by atoms with Crippen LogP contribution in [0.1, 0.15) is 88.3 Å². The third kappa shape index (κ3) is 7.17. The Hall–Kier alpha value is -2.90. The van der Waals surface area contributed by atoms with Gasteiger partial charge in [0.2, 0.25) is 0 Å². The average molecular weight is 596 g/mol. The van der Waals surface area contributed by atoms with Gasteiger partial charge in [-0.3, -0.25) is 9.42 Å². The first kappa shape index (κ1) is 30.6. The van der Waals surface area contributed by atoms with Gasteiger partial charge in [0, 0.05) is 0 Å². The Kier molecular flexibility index (Phi) is 9.00. The fraction of sp³-hybridized carbons (Fsp3) is 0.485. The molecular formula is C33H42NO7P. The Balaban J connectivity index is 1.30. The molecule has 0 radical (unpaired) electrons. The number of nitrogens with zero attached hydrogens (tertiary/aromatic N) is 1. The fourth-order valence-corrected chi connectivity index (χ4v) is 7.14. The Morgan fingerprint density at radius 1 is 0.929 bits per heavy atom. The summed E-state index contributed by atoms with van der Waals surface area (Å²) in [6, 6.07) is 19.0. The summed E-state index contributed by atoms with van der Waals surface area (Å²) in [7, 11) is -4.67. The van der Waals surface area contributed by atoms with Crippen LogP contribution in [0.3, 0.4) is 0 Å². The van der Waals surface area contributed by atoms with E-state index in [-0.39, 0.29) is 19.3 Å². The zero-order valence-corrected chi connectivity index (χ0v) is 25.4. The standard InChI is InChI=1S/C33H42NO7P/c1-32(2,34(31(35)36)22-26-8-4-5-9-27(26)23-40-42(37,38)39)28-12-10-25-21-30(13-11-24(25)20-28)41-29-14-18-33(19-15-29)16-6-3-7-17-33/h4-5,8-13,20-21,29H,3,6-7,14-19,22-23H2,1-2H3,(H,35,36)(H2,37,38,39). The van der Waals surface area contributed by atoms with Crippen molar-refractivity contribution in [1.29, 1.82) is 0 Å². The molecule has 2 aliphatic rings. The molecule has 8 nitrogen and oxygen atoms in total. The molecule has 0 unspecified atom stereocenters. The molecule has 0 atom stereocenters. The van der Waals surface area contributed by atoms with Crippen molar-refractivity contribution >= 4 is 24.7 Å². The zero-order chi connectivity index (χ0) is 30.0. The van der Waals surface area contributed by atoms with Crippen molar-refractivity contribution in [2.24, 2.45) is 5.41 Å². The van der Waals surface area contributed by atoms with Crippen molar-refractivity contribution in [2.45, 2.75) is 96.4 Å². The smallest absolute Gasteiger partial charge is 0.469 e. The first-order chi connectivity index (χ1) is 19.9. The van der Waals surface area contributed by atoms with Crippen molar-refractivity contribution in [3.8, 4) is 5.75 Å². The summed E-state index contributed by atoms with van der Waals surface area (Å²) in [6.07, 6.45) is 10.8. The van der Waals surface area contributed by atoms with Crippen LogP contribution in [0.5, 0.6) is 5.75 Å². The molecule has 2 aliphatic carbocycles. The lowest BCUT2D eigenvalue weighted by molar-refractivity contribution is 0.0524. The van der Waals surface area contributed by atoms with E-state index in [1.165, 1.54) is 49.8 Å². The van der Waals surface area contributed by atoms with Crippen LogP contribution in [0, 0.1) is 5.41 Å². The van der Waals surface area contributed by atoms with Crippen LogP contribution in [0.25, 0.3) is 10.8 Å². The Labute approximate surface area is 247 Å². The number of hydrogen-bond donors (Lipinski definition) is 3. The lowest BCUT2D eigenvalue weighted by Gasteiger charge is -2.42. The van der Waals surface area contributed by atoms with Crippen LogP contribution in [0.4, 0.5) is 4.79 Å². The predicted molar refractivity (Wildman–Crippen MR) is 162 cm³/mol. The lowest BCUT2D eigenvalue weighted by Crippen LogP contribution is -2.44. The molecule has 1 spiro atoms. The first-order valence-corrected chi connectivity index (χ1v) is 16.5. The predicted octanol–water partition coefficient (Wildman–Crippen LogP) is 8.14. The van der Waals surface area contributed by atoms with E-state index in [2.05, 4.69) is 6.07 Å². The number of hydrogen-bond acceptors (Lipinski definition) is 4. The number of phosphoric ester groups is 1. The van der Waals surface area contributed by atoms with Crippen LogP contribution < -0.4 is 4.74 Å². The largest absolute Gasteiger partial charge is 0.490 e. The number of benzene rings is 3. The topological polar surface area (TPSA) is 117 Å². The van der Waals surface area contributed by atoms with Gasteiger partial charge in [-0.15, -0.1) is 0 Å². The molecule has 0 aromatic heterocycles. The highest BCUT2D eigenvalue weighted by molar-refractivity contribution is 7.46. The SMILES string of the molecule is CC(C)(c1ccc2cc(OC3CCC4(CCCCC4)CC3)ccc2c1)N(Cc1ccccc1COP(=O)(O)O)C(=O)O. The Bertz CT molecular complexity index is 1450. The third-order valence-electron chi connectivity index (χ3n) is 9.47. The molecule has 3 N–H and O–H groups in total. The van der Waals surface area contributed by atoms with Crippen molar-refractivity contribution in [2.75, 3.05) is 0 Å². The van der Waals surface area contributed by atoms with Crippen molar-refractivity contribution < 1.29 is 33.5 Å². The van der Waals surface area contributed by atoms with Gasteiger partial charge in [-0.2, -0.15) is 0 Å². The number of ether oxygens (including phenoxy) is 1. The zero-order valence-electron chi connectivity index (χ0n) is 24.5. The van der Waals surface area contributed by atoms with Gasteiger partial charge in [-0.25, -0.2) is 9.36 Å². The number of fused-ring (bicyclic) bond motifs is 1. The van der Waals surface area contributed by atoms with Crippen molar-refractivity contribution in [1.82, 2.24) is 4.90 Å². The van der Waals surface area contributed by atoms with E-state index in [1.54, 1.807) is 24.3 Å². The molecule has 3 aromatic rings. The van der Waals surface area contributed by atoms with Crippen LogP contribution in [0.15, 0.2) is 60.7 Å². The lowest BCUT2D eigenvalue weighted by atomic mass is 9.65. The molecule has 1 amide bonds. The number of phosphoric acid groups is 1. The maximum Gasteiger partial charge on any atom is 0.469 e. The van der Waals surface area contributed by atoms with Crippen molar-refractivity contribution in [3.05, 3.63) is 77.4 Å². The summed E-state index contributed by atoms with van der Waals surface area (Å²) in [6.45, 7) is 3.42. The molecule has 3 aromatic carbocycles. The van der Waals surface area contributed by atoms with Crippen LogP contribution in [0.2, 0.25) is 0 Å². The van der Waals surface area contributed by atoms with Crippen LogP contribution in [-0.2, 0) is 27.8 Å². The minimum atomic E-state index is -4.67. The van der Waals surface area contributed by atoms with Gasteiger partial charge in [-0.1, -0.05) is 61.7 Å². The Morgan fingerprint density at radius 3 is 2.24 bits per heavy atom. The summed E-state index contributed by atoms with van der Waals surface area (Å²) in [5.41, 5.74) is 1.62. The summed E-state index contributed by atoms with van der Waals surface area (Å²) in [4.78, 5) is 32.1. The highest BCUT2D eigenvalue weighted by Crippen LogP contribution is 2.48. The van der Waals surface area contributed by atoms with Crippen LogP contribution in [-0.4, -0.2) is 32.0 Å². The van der Waals surface area contributed by atoms with Gasteiger partial charge in [0.05, 0.1) is 24.8 Å². The molecule has 42 heavy (non-hydrogen) atoms. The quantitative estimate of drug-likeness (QED) is 0.214. The van der Waals surface area contributed by atoms with E-state index >= 15 is 0 Å². The average Bonchev–Trinajstić information content (AvgIpc) is 2.96. The van der Waals surface area contributed by atoms with Gasteiger partial charge in [0.1, 0.15) is 5.75 Å². The number of rotatable bonds is 9. The molecule has 0 bridgehead atoms. The van der Waals surface area contributed by atoms with E-state index in [4.69, 9.17) is 19.0 Å². The molecular weight excluding hydrogens is 553 g/mol. The van der Waals surface area contributed by atoms with Gasteiger partial charge >= 0.3 is 13.9 Å². The summed E-state index contributed by atoms with van der Waals surface area (Å²) in [5, 5.41) is 12.3. The second-order valence-corrected chi connectivity index (χ2v) is 13.8. The first-order valence-electron chi connectivity index (χ1n) is 14.9. The Morgan fingerprint density at radius 2 is 1.57 bits per heavy atom. The van der Waals surface area contributed by atoms with E-state index in [0.29, 0.717) is 16.5 Å². The van der Waals surface area contributed by atoms with Gasteiger partial charge < -0.3 is 19.6 Å². The molecule has 0 heterocycles. The number of amides is 1. The summed E-state index contributed by atoms with van der Waals surface area (Å²) in [5.74, 6) is 0.875. The van der Waals surface area contributed by atoms with Gasteiger partial charge in [0.25, 0.3) is 0 Å². The van der Waals surface area contributed by atoms with E-state index in [1.807, 2.05) is 44.2 Å². The van der Waals surface area contributed by atoms with Crippen molar-refractivity contribution in [3.63, 3.8) is 0 Å². The van der Waals surface area contributed by atoms with Gasteiger partial charge in [0.15, 0.2) is 0 Å². The highest BCUT2D eigenvalue weighted by Gasteiger charge is 2.37. The van der Waals surface area contributed by atoms with Crippen LogP contribution >= 0.6 is 7.82 Å². The second-order valence-electron chi connectivity index (χ2n) is 12.6. The molecule has 2 saturated carbocycles. The second kappa shape index (κ2) is 12.4. The minimum absolute atomic E-state index is 0.0243. The normalized spacial score (nSPS) is 17.8. The number of carbonyl (C=O) groups is 1. The molecule has 9 heteroatoms. The molecule has 0 saturated heterocycles. The third-order valence-corrected chi connectivity index (χ3v) is 9.93. The monoisotopic (exact) mass is 595 g/mol. The number of carboxylic acid groups (broad SMARTS) is 1. The van der Waals surface area contributed by atoms with E-state index in [9.17, 15) is 14.5 Å². The molecule has 0 aliphatic heterocycles. The fourth-order valence-electron chi connectivity index (χ4n) is 6.83. The van der Waals surface area contributed by atoms with Gasteiger partial charge in [-0.05, 0) is 103 Å². The van der Waals surface area contributed by atoms with E-state index in [0.717, 1.165) is 34.9 Å².